The van der Waals surface area contributed by atoms with Gasteiger partial charge < -0.3 is 53.4 Å². The lowest BCUT2D eigenvalue weighted by Gasteiger charge is -2.67. The molecule has 21 heteroatoms. The maximum absolute atomic E-state index is 15.9. The third kappa shape index (κ3) is 17.4. The van der Waals surface area contributed by atoms with Crippen LogP contribution in [0.1, 0.15) is 171 Å². The minimum atomic E-state index is -2.52. The highest BCUT2D eigenvalue weighted by atomic mass is 32.2. The molecule has 11 atom stereocenters. The number of unbranched alkanes of at least 4 members (excludes halogenated alkanes) is 8. The molecule has 3 unspecified atom stereocenters. The first-order chi connectivity index (χ1) is 44.0. The van der Waals surface area contributed by atoms with E-state index in [9.17, 15) is 43.8 Å². The van der Waals surface area contributed by atoms with Gasteiger partial charge in [0.1, 0.15) is 43.2 Å². The zero-order valence-corrected chi connectivity index (χ0v) is 54.6. The average molecular weight is 1290 g/mol. The van der Waals surface area contributed by atoms with E-state index in [1.807, 2.05) is 0 Å². The molecule has 7 rings (SSSR count). The van der Waals surface area contributed by atoms with E-state index in [2.05, 4.69) is 36.5 Å². The SMILES string of the molecule is CCCCC/C=C\C/C=C\CCCCCCCC(=O)OCCOC(=O)CSCC(=O)OC(C(=O)OC1C[C@@]2(O)[C@@H](OC(=O)c3ccccc3)[C@@H]3[C@]4(OC(C)=O)CO[C@@H]4C[C@H](O)[C@@]3(C)C(=O)[C@H](OC(C)=O)C(=C1C)C2(C)C)C(NC(=O)c1ccccc1)c1ccccc1. The molecule has 498 valence electrons. The summed E-state index contributed by atoms with van der Waals surface area (Å²) in [5.41, 5.74) is -7.82. The number of ketones is 1. The predicted molar refractivity (Wildman–Crippen MR) is 340 cm³/mol. The van der Waals surface area contributed by atoms with E-state index in [1.54, 1.807) is 66.7 Å². The van der Waals surface area contributed by atoms with E-state index < -0.39 is 136 Å². The Morgan fingerprint density at radius 2 is 1.30 bits per heavy atom. The minimum absolute atomic E-state index is 0.0205. The molecule has 1 amide bonds. The molecule has 1 heterocycles. The fourth-order valence-corrected chi connectivity index (χ4v) is 13.8. The van der Waals surface area contributed by atoms with Crippen molar-refractivity contribution in [2.24, 2.45) is 16.7 Å². The molecule has 3 aromatic carbocycles. The predicted octanol–water partition coefficient (Wildman–Crippen LogP) is 9.92. The quantitative estimate of drug-likeness (QED) is 0.0227. The normalized spacial score (nSPS) is 25.3. The number of carbonyl (C=O) groups excluding carboxylic acids is 9. The molecular weight excluding hydrogens is 1200 g/mol. The van der Waals surface area contributed by atoms with Crippen molar-refractivity contribution in [2.45, 2.75) is 192 Å². The Kier molecular flexibility index (Phi) is 26.1. The second kappa shape index (κ2) is 33.4. The van der Waals surface area contributed by atoms with Gasteiger partial charge in [0.25, 0.3) is 5.91 Å². The smallest absolute Gasteiger partial charge is 0.350 e. The highest BCUT2D eigenvalue weighted by Crippen LogP contribution is 2.64. The second-order valence-corrected chi connectivity index (χ2v) is 25.7. The number of Topliss-reactive ketones (excluding diaryl/α,β-unsaturated/α-hetero) is 1. The van der Waals surface area contributed by atoms with E-state index in [0.717, 1.165) is 70.6 Å². The number of esters is 7. The number of amides is 1. The summed E-state index contributed by atoms with van der Waals surface area (Å²) in [6, 6.07) is 22.4. The van der Waals surface area contributed by atoms with E-state index in [0.29, 0.717) is 6.42 Å². The number of hydrogen-bond donors (Lipinski definition) is 3. The van der Waals surface area contributed by atoms with E-state index in [1.165, 1.54) is 71.2 Å². The average Bonchev–Trinajstić information content (AvgIpc) is 0.671. The number of nitrogens with one attached hydrogen (secondary N) is 1. The summed E-state index contributed by atoms with van der Waals surface area (Å²) in [5.74, 6) is -10.4. The van der Waals surface area contributed by atoms with Crippen LogP contribution in [0, 0.1) is 16.7 Å². The summed E-state index contributed by atoms with van der Waals surface area (Å²) < 4.78 is 47.6. The molecular formula is C71H89NO19S. The number of rotatable bonds is 32. The van der Waals surface area contributed by atoms with Crippen LogP contribution in [0.3, 0.4) is 0 Å². The molecule has 1 aliphatic heterocycles. The summed E-state index contributed by atoms with van der Waals surface area (Å²) >= 11 is 0.794. The zero-order chi connectivity index (χ0) is 66.6. The maximum Gasteiger partial charge on any atom is 0.350 e. The van der Waals surface area contributed by atoms with Crippen LogP contribution in [0.2, 0.25) is 0 Å². The molecule has 0 aromatic heterocycles. The molecule has 3 aliphatic carbocycles. The van der Waals surface area contributed by atoms with Crippen LogP contribution in [0.15, 0.2) is 126 Å². The standard InChI is InChI=1S/C71H89NO19S/c1-8-9-10-11-12-13-14-15-16-17-18-19-20-21-31-38-55(76)84-39-40-85-56(77)43-92-44-57(78)89-61(59(49-32-25-22-26-33-49)72-65(80)50-34-27-23-28-35-50)67(82)88-52-42-71(83)64(90-66(81)51-36-29-24-30-37-51)62-69(7,53(75)41-54-70(62,45-86-54)91-48(4)74)63(79)60(87-47(3)73)58(46(52)2)68(71,5)6/h12-13,15-16,22-30,32-37,52-54,59-62,64,75,83H,8-11,14,17-21,31,38-45H2,1-7H3,(H,72,80)/b13-12-,16-15-/t52?,53-,54+,59?,60+,61?,62-,64-,69+,70-,71+/m0/s1. The Hall–Kier alpha value is -7.46. The van der Waals surface area contributed by atoms with Crippen LogP contribution in [0.25, 0.3) is 0 Å². The van der Waals surface area contributed by atoms with Crippen molar-refractivity contribution >= 4 is 65.2 Å². The Balaban J connectivity index is 1.10. The van der Waals surface area contributed by atoms with Crippen LogP contribution in [-0.4, -0.2) is 143 Å². The summed E-state index contributed by atoms with van der Waals surface area (Å²) in [4.78, 5) is 126. The van der Waals surface area contributed by atoms with Crippen LogP contribution in [0.5, 0.6) is 0 Å². The summed E-state index contributed by atoms with van der Waals surface area (Å²) in [5, 5.41) is 29.2. The van der Waals surface area contributed by atoms with Gasteiger partial charge in [-0.25, -0.2) is 9.59 Å². The maximum atomic E-state index is 15.9. The number of benzene rings is 3. The topological polar surface area (TPSA) is 280 Å². The summed E-state index contributed by atoms with van der Waals surface area (Å²) in [6.45, 7) is 9.55. The Labute approximate surface area is 542 Å². The highest BCUT2D eigenvalue weighted by Gasteiger charge is 2.78. The van der Waals surface area contributed by atoms with Gasteiger partial charge in [0, 0.05) is 44.1 Å². The summed E-state index contributed by atoms with van der Waals surface area (Å²) in [7, 11) is 0. The van der Waals surface area contributed by atoms with Crippen molar-refractivity contribution in [1.29, 1.82) is 0 Å². The largest absolute Gasteiger partial charge is 0.462 e. The first-order valence-electron chi connectivity index (χ1n) is 31.9. The van der Waals surface area contributed by atoms with Crippen molar-refractivity contribution in [1.82, 2.24) is 5.32 Å². The number of allylic oxidation sites excluding steroid dienone is 4. The highest BCUT2D eigenvalue weighted by molar-refractivity contribution is 8.00. The van der Waals surface area contributed by atoms with Crippen LogP contribution in [0.4, 0.5) is 0 Å². The summed E-state index contributed by atoms with van der Waals surface area (Å²) in [6.07, 6.45) is 9.49. The molecule has 1 saturated heterocycles. The second-order valence-electron chi connectivity index (χ2n) is 24.7. The van der Waals surface area contributed by atoms with Gasteiger partial charge in [-0.2, -0.15) is 0 Å². The van der Waals surface area contributed by atoms with Gasteiger partial charge in [0.05, 0.1) is 41.1 Å². The van der Waals surface area contributed by atoms with E-state index in [-0.39, 0.29) is 66.3 Å². The molecule has 3 N–H and O–H groups in total. The molecule has 2 bridgehead atoms. The van der Waals surface area contributed by atoms with Crippen molar-refractivity contribution < 1.29 is 91.3 Å². The first-order valence-corrected chi connectivity index (χ1v) is 33.1. The number of carbonyl (C=O) groups is 9. The molecule has 4 aliphatic rings. The van der Waals surface area contributed by atoms with Crippen molar-refractivity contribution in [3.8, 4) is 0 Å². The lowest BCUT2D eigenvalue weighted by atomic mass is 9.44. The molecule has 2 saturated carbocycles. The Morgan fingerprint density at radius 3 is 1.91 bits per heavy atom. The molecule has 0 radical (unpaired) electrons. The van der Waals surface area contributed by atoms with Gasteiger partial charge >= 0.3 is 41.8 Å². The number of hydrogen-bond acceptors (Lipinski definition) is 20. The molecule has 20 nitrogen and oxygen atoms in total. The Bertz CT molecular complexity index is 3150. The zero-order valence-electron chi connectivity index (χ0n) is 53.8. The fourth-order valence-electron chi connectivity index (χ4n) is 13.2. The van der Waals surface area contributed by atoms with Gasteiger partial charge in [-0.3, -0.25) is 33.6 Å². The minimum Gasteiger partial charge on any atom is -0.462 e. The number of fused-ring (bicyclic) bond motifs is 5. The number of aliphatic hydroxyl groups is 2. The lowest BCUT2D eigenvalue weighted by Crippen LogP contribution is -2.82. The third-order valence-electron chi connectivity index (χ3n) is 18.1. The van der Waals surface area contributed by atoms with Gasteiger partial charge in [-0.05, 0) is 93.3 Å². The number of aliphatic hydroxyl groups excluding tert-OH is 1. The molecule has 0 spiro atoms. The number of thioether (sulfide) groups is 1. The van der Waals surface area contributed by atoms with E-state index in [4.69, 9.17) is 37.9 Å². The number of ether oxygens (including phenoxy) is 8. The molecule has 92 heavy (non-hydrogen) atoms. The lowest BCUT2D eigenvalue weighted by molar-refractivity contribution is -0.346. The van der Waals surface area contributed by atoms with Gasteiger partial charge in [-0.1, -0.05) is 144 Å². The fraction of sp³-hybridized carbons (Fsp3) is 0.535. The van der Waals surface area contributed by atoms with Crippen molar-refractivity contribution in [2.75, 3.05) is 31.3 Å². The first kappa shape index (κ1) is 72.0. The van der Waals surface area contributed by atoms with Gasteiger partial charge in [0.2, 0.25) is 6.10 Å². The third-order valence-corrected chi connectivity index (χ3v) is 19.0. The molecule has 3 aromatic rings. The monoisotopic (exact) mass is 1290 g/mol. The van der Waals surface area contributed by atoms with Crippen molar-refractivity contribution in [3.63, 3.8) is 0 Å². The van der Waals surface area contributed by atoms with Crippen LogP contribution in [-0.2, 0) is 71.5 Å². The van der Waals surface area contributed by atoms with Gasteiger partial charge in [-0.15, -0.1) is 11.8 Å². The van der Waals surface area contributed by atoms with E-state index >= 15 is 9.59 Å². The molecule has 3 fully saturated rings. The van der Waals surface area contributed by atoms with Crippen LogP contribution >= 0.6 is 11.8 Å². The van der Waals surface area contributed by atoms with Gasteiger partial charge in [0.15, 0.2) is 17.5 Å². The van der Waals surface area contributed by atoms with Crippen LogP contribution < -0.4 is 5.32 Å². The van der Waals surface area contributed by atoms with Crippen molar-refractivity contribution in [3.05, 3.63) is 143 Å². The Morgan fingerprint density at radius 1 is 0.717 bits per heavy atom.